The molecule has 8 heteroatoms. The Morgan fingerprint density at radius 1 is 1.20 bits per heavy atom. The maximum atomic E-state index is 14.4. The number of benzene rings is 2. The molecule has 162 valence electrons. The molecular weight excluding hydrogens is 432 g/mol. The van der Waals surface area contributed by atoms with Gasteiger partial charge in [0.05, 0.1) is 17.3 Å². The minimum Gasteiger partial charge on any atom is -0.465 e. The molecule has 0 fully saturated rings. The van der Waals surface area contributed by atoms with Crippen LogP contribution in [0.25, 0.3) is 0 Å². The third kappa shape index (κ3) is 6.99. The summed E-state index contributed by atoms with van der Waals surface area (Å²) < 4.78 is 33.0. The van der Waals surface area contributed by atoms with Crippen LogP contribution in [0.4, 0.5) is 14.5 Å². The van der Waals surface area contributed by atoms with Crippen molar-refractivity contribution in [3.8, 4) is 0 Å². The summed E-state index contributed by atoms with van der Waals surface area (Å²) >= 11 is 7.34. The minimum absolute atomic E-state index is 0.0553. The fourth-order valence-corrected chi connectivity index (χ4v) is 3.99. The number of anilines is 1. The number of rotatable bonds is 9. The molecular formula is C22H24ClF2NO3S. The Bertz CT molecular complexity index is 908. The maximum Gasteiger partial charge on any atom is 0.319 e. The van der Waals surface area contributed by atoms with Gasteiger partial charge in [-0.15, -0.1) is 11.8 Å². The van der Waals surface area contributed by atoms with Crippen LogP contribution in [0.3, 0.4) is 0 Å². The van der Waals surface area contributed by atoms with E-state index in [2.05, 4.69) is 5.32 Å². The monoisotopic (exact) mass is 455 g/mol. The van der Waals surface area contributed by atoms with E-state index < -0.39 is 22.8 Å². The summed E-state index contributed by atoms with van der Waals surface area (Å²) in [5, 5.41) is 2.04. The van der Waals surface area contributed by atoms with Crippen LogP contribution in [-0.4, -0.2) is 23.7 Å². The first-order chi connectivity index (χ1) is 14.2. The fraction of sp³-hybridized carbons (Fsp3) is 0.364. The van der Waals surface area contributed by atoms with E-state index in [0.717, 1.165) is 30.3 Å². The van der Waals surface area contributed by atoms with Crippen molar-refractivity contribution in [2.75, 3.05) is 11.9 Å². The van der Waals surface area contributed by atoms with Gasteiger partial charge in [0, 0.05) is 10.5 Å². The lowest BCUT2D eigenvalue weighted by molar-refractivity contribution is -0.144. The van der Waals surface area contributed by atoms with Gasteiger partial charge in [-0.05, 0) is 42.7 Å². The van der Waals surface area contributed by atoms with Crippen molar-refractivity contribution in [3.63, 3.8) is 0 Å². The lowest BCUT2D eigenvalue weighted by Gasteiger charge is -2.17. The number of nitrogens with one attached hydrogen (secondary N) is 1. The van der Waals surface area contributed by atoms with Gasteiger partial charge in [0.15, 0.2) is 0 Å². The number of halogens is 3. The number of ether oxygens (including phenoxy) is 1. The molecule has 4 nitrogen and oxygen atoms in total. The Morgan fingerprint density at radius 3 is 2.57 bits per heavy atom. The predicted molar refractivity (Wildman–Crippen MR) is 116 cm³/mol. The molecule has 1 unspecified atom stereocenters. The summed E-state index contributed by atoms with van der Waals surface area (Å²) in [4.78, 5) is 25.2. The molecule has 1 N–H and O–H groups in total. The average molecular weight is 456 g/mol. The van der Waals surface area contributed by atoms with E-state index in [-0.39, 0.29) is 28.2 Å². The lowest BCUT2D eigenvalue weighted by Crippen LogP contribution is -2.22. The van der Waals surface area contributed by atoms with E-state index in [9.17, 15) is 18.4 Å². The summed E-state index contributed by atoms with van der Waals surface area (Å²) in [6, 6.07) is 7.53. The van der Waals surface area contributed by atoms with Crippen molar-refractivity contribution in [3.05, 3.63) is 58.6 Å². The smallest absolute Gasteiger partial charge is 0.319 e. The summed E-state index contributed by atoms with van der Waals surface area (Å²) in [5.74, 6) is -2.11. The van der Waals surface area contributed by atoms with Crippen molar-refractivity contribution in [1.82, 2.24) is 0 Å². The van der Waals surface area contributed by atoms with Gasteiger partial charge in [-0.2, -0.15) is 0 Å². The van der Waals surface area contributed by atoms with Crippen molar-refractivity contribution in [2.24, 2.45) is 5.92 Å². The first kappa shape index (κ1) is 24.2. The van der Waals surface area contributed by atoms with Crippen LogP contribution in [0.15, 0.2) is 41.3 Å². The standard InChI is InChI=1S/C22H24ClF2NO3S/c1-4-6-19(22(28)29-12-13(2)3)30-20-11-18(17(25)10-16(20)23)26-21(27)14-7-5-8-15(24)9-14/h5,7-11,13,19H,4,6,12H2,1-3H3,(H,26,27). The Morgan fingerprint density at radius 2 is 1.93 bits per heavy atom. The quantitative estimate of drug-likeness (QED) is 0.354. The average Bonchev–Trinajstić information content (AvgIpc) is 2.69. The molecule has 0 radical (unpaired) electrons. The van der Waals surface area contributed by atoms with E-state index in [4.69, 9.17) is 16.3 Å². The zero-order valence-corrected chi connectivity index (χ0v) is 18.6. The zero-order chi connectivity index (χ0) is 22.3. The minimum atomic E-state index is -0.733. The maximum absolute atomic E-state index is 14.4. The molecule has 0 bridgehead atoms. The SMILES string of the molecule is CCCC(Sc1cc(NC(=O)c2cccc(F)c2)c(F)cc1Cl)C(=O)OCC(C)C. The summed E-state index contributed by atoms with van der Waals surface area (Å²) in [5.41, 5.74) is -0.0540. The summed E-state index contributed by atoms with van der Waals surface area (Å²) in [7, 11) is 0. The number of amides is 1. The topological polar surface area (TPSA) is 55.4 Å². The molecule has 1 atom stereocenters. The number of hydrogen-bond donors (Lipinski definition) is 1. The highest BCUT2D eigenvalue weighted by atomic mass is 35.5. The largest absolute Gasteiger partial charge is 0.465 e. The number of hydrogen-bond acceptors (Lipinski definition) is 4. The van der Waals surface area contributed by atoms with Crippen LogP contribution in [0, 0.1) is 17.6 Å². The van der Waals surface area contributed by atoms with Crippen molar-refractivity contribution in [2.45, 2.75) is 43.8 Å². The highest BCUT2D eigenvalue weighted by Gasteiger charge is 2.23. The Balaban J connectivity index is 2.21. The molecule has 1 amide bonds. The third-order valence-electron chi connectivity index (χ3n) is 4.00. The molecule has 0 saturated carbocycles. The van der Waals surface area contributed by atoms with Crippen LogP contribution < -0.4 is 5.32 Å². The molecule has 30 heavy (non-hydrogen) atoms. The normalized spacial score (nSPS) is 12.0. The van der Waals surface area contributed by atoms with Gasteiger partial charge in [0.1, 0.15) is 16.9 Å². The van der Waals surface area contributed by atoms with Crippen molar-refractivity contribution < 1.29 is 23.1 Å². The molecule has 2 aromatic carbocycles. The van der Waals surface area contributed by atoms with Crippen LogP contribution in [0.1, 0.15) is 44.0 Å². The van der Waals surface area contributed by atoms with Crippen molar-refractivity contribution >= 4 is 40.9 Å². The number of esters is 1. The van der Waals surface area contributed by atoms with Gasteiger partial charge in [-0.3, -0.25) is 9.59 Å². The number of carbonyl (C=O) groups is 2. The van der Waals surface area contributed by atoms with Crippen LogP contribution in [0.2, 0.25) is 5.02 Å². The Labute approximate surface area is 184 Å². The molecule has 2 aromatic rings. The molecule has 0 aromatic heterocycles. The molecule has 0 spiro atoms. The molecule has 0 aliphatic heterocycles. The second kappa shape index (κ2) is 11.3. The molecule has 0 aliphatic carbocycles. The van der Waals surface area contributed by atoms with Gasteiger partial charge in [-0.1, -0.05) is 44.9 Å². The number of thioether (sulfide) groups is 1. The third-order valence-corrected chi connectivity index (χ3v) is 5.73. The highest BCUT2D eigenvalue weighted by Crippen LogP contribution is 2.36. The first-order valence-electron chi connectivity index (χ1n) is 9.60. The van der Waals surface area contributed by atoms with E-state index >= 15 is 0 Å². The highest BCUT2D eigenvalue weighted by molar-refractivity contribution is 8.00. The van der Waals surface area contributed by atoms with Crippen LogP contribution >= 0.6 is 23.4 Å². The van der Waals surface area contributed by atoms with Crippen LogP contribution in [0.5, 0.6) is 0 Å². The Kier molecular flexibility index (Phi) is 9.11. The van der Waals surface area contributed by atoms with E-state index in [1.54, 1.807) is 0 Å². The molecule has 0 heterocycles. The van der Waals surface area contributed by atoms with E-state index in [0.29, 0.717) is 17.9 Å². The fourth-order valence-electron chi connectivity index (χ4n) is 2.52. The van der Waals surface area contributed by atoms with Gasteiger partial charge in [0.25, 0.3) is 5.91 Å². The molecule has 0 saturated heterocycles. The summed E-state index contributed by atoms with van der Waals surface area (Å²) in [6.07, 6.45) is 1.30. The second-order valence-electron chi connectivity index (χ2n) is 7.15. The van der Waals surface area contributed by atoms with E-state index in [1.807, 2.05) is 20.8 Å². The summed E-state index contributed by atoms with van der Waals surface area (Å²) in [6.45, 7) is 6.14. The Hall–Kier alpha value is -2.12. The first-order valence-corrected chi connectivity index (χ1v) is 10.9. The zero-order valence-electron chi connectivity index (χ0n) is 17.0. The second-order valence-corrected chi connectivity index (χ2v) is 8.80. The number of carbonyl (C=O) groups excluding carboxylic acids is 2. The van der Waals surface area contributed by atoms with E-state index in [1.165, 1.54) is 24.3 Å². The lowest BCUT2D eigenvalue weighted by atomic mass is 10.2. The van der Waals surface area contributed by atoms with Gasteiger partial charge >= 0.3 is 5.97 Å². The van der Waals surface area contributed by atoms with Gasteiger partial charge in [-0.25, -0.2) is 8.78 Å². The van der Waals surface area contributed by atoms with Gasteiger partial charge in [0.2, 0.25) is 0 Å². The molecule has 0 aliphatic rings. The predicted octanol–water partition coefficient (Wildman–Crippen LogP) is 6.33. The van der Waals surface area contributed by atoms with Gasteiger partial charge < -0.3 is 10.1 Å². The van der Waals surface area contributed by atoms with Crippen LogP contribution in [-0.2, 0) is 9.53 Å². The van der Waals surface area contributed by atoms with Crippen molar-refractivity contribution in [1.29, 1.82) is 0 Å². The molecule has 2 rings (SSSR count).